The van der Waals surface area contributed by atoms with Crippen molar-refractivity contribution in [2.24, 2.45) is 16.6 Å². The molecule has 0 spiro atoms. The Hall–Kier alpha value is -2.26. The average molecular weight is 441 g/mol. The van der Waals surface area contributed by atoms with Crippen LogP contribution in [0, 0.1) is 17.6 Å². The van der Waals surface area contributed by atoms with Gasteiger partial charge in [0.05, 0.1) is 15.3 Å². The molecule has 2 aromatic rings. The SMILES string of the molecule is C[C@@]1(c2cc(NC(=O)c3ccc(Cl)cn3)cc(F)c2F)N=C(N)S[C@@]2(CF)C[C@H]21. The van der Waals surface area contributed by atoms with Crippen molar-refractivity contribution in [3.8, 4) is 0 Å². The van der Waals surface area contributed by atoms with Crippen LogP contribution in [0.4, 0.5) is 18.9 Å². The predicted octanol–water partition coefficient (Wildman–Crippen LogP) is 4.27. The molecule has 1 saturated carbocycles. The molecule has 1 amide bonds. The average Bonchev–Trinajstić information content (AvgIpc) is 3.41. The van der Waals surface area contributed by atoms with Gasteiger partial charge in [0.2, 0.25) is 0 Å². The molecule has 29 heavy (non-hydrogen) atoms. The number of amidine groups is 1. The number of rotatable bonds is 4. The molecule has 0 unspecified atom stereocenters. The lowest BCUT2D eigenvalue weighted by Gasteiger charge is -2.33. The van der Waals surface area contributed by atoms with Crippen molar-refractivity contribution < 1.29 is 18.0 Å². The highest BCUT2D eigenvalue weighted by molar-refractivity contribution is 8.15. The van der Waals surface area contributed by atoms with E-state index in [1.165, 1.54) is 24.4 Å². The number of nitrogens with two attached hydrogens (primary N) is 1. The molecule has 152 valence electrons. The molecular formula is C19H16ClF3N4OS. The van der Waals surface area contributed by atoms with Gasteiger partial charge in [0.15, 0.2) is 16.8 Å². The van der Waals surface area contributed by atoms with Crippen LogP contribution in [-0.2, 0) is 5.54 Å². The van der Waals surface area contributed by atoms with Gasteiger partial charge in [0.25, 0.3) is 5.91 Å². The number of nitrogens with one attached hydrogen (secondary N) is 1. The van der Waals surface area contributed by atoms with Crippen molar-refractivity contribution in [1.29, 1.82) is 0 Å². The number of nitrogens with zero attached hydrogens (tertiary/aromatic N) is 2. The lowest BCUT2D eigenvalue weighted by molar-refractivity contribution is 0.102. The van der Waals surface area contributed by atoms with Gasteiger partial charge in [-0.1, -0.05) is 23.4 Å². The predicted molar refractivity (Wildman–Crippen MR) is 107 cm³/mol. The van der Waals surface area contributed by atoms with Crippen LogP contribution in [0.3, 0.4) is 0 Å². The summed E-state index contributed by atoms with van der Waals surface area (Å²) in [7, 11) is 0. The first-order valence-corrected chi connectivity index (χ1v) is 9.91. The molecule has 1 aromatic heterocycles. The summed E-state index contributed by atoms with van der Waals surface area (Å²) in [6.07, 6.45) is 1.75. The number of halogens is 4. The summed E-state index contributed by atoms with van der Waals surface area (Å²) in [6, 6.07) is 5.07. The van der Waals surface area contributed by atoms with Crippen molar-refractivity contribution in [2.45, 2.75) is 23.6 Å². The van der Waals surface area contributed by atoms with Crippen molar-refractivity contribution >= 4 is 40.1 Å². The molecule has 1 aliphatic heterocycles. The summed E-state index contributed by atoms with van der Waals surface area (Å²) in [5.41, 5.74) is 4.62. The Morgan fingerprint density at radius 2 is 2.17 bits per heavy atom. The molecule has 5 nitrogen and oxygen atoms in total. The number of aliphatic imine (C=N–C) groups is 1. The summed E-state index contributed by atoms with van der Waals surface area (Å²) in [5.74, 6) is -3.20. The maximum absolute atomic E-state index is 14.7. The van der Waals surface area contributed by atoms with Crippen molar-refractivity contribution in [3.05, 3.63) is 58.4 Å². The molecule has 1 fully saturated rings. The molecule has 0 saturated heterocycles. The lowest BCUT2D eigenvalue weighted by atomic mass is 9.85. The molecule has 2 aliphatic rings. The fourth-order valence-corrected chi connectivity index (χ4v) is 5.25. The first-order chi connectivity index (χ1) is 13.7. The van der Waals surface area contributed by atoms with Crippen molar-refractivity contribution in [1.82, 2.24) is 4.98 Å². The standard InChI is InChI=1S/C19H16ClF3N4OS/c1-18(14-6-19(14,8-21)29-17(24)27-18)11-4-10(5-12(22)15(11)23)26-16(28)13-3-2-9(20)7-25-13/h2-5,7,14H,6,8H2,1H3,(H2,24,27)(H,26,28)/t14-,18-,19+/m0/s1. The fraction of sp³-hybridized carbons (Fsp3) is 0.316. The number of thioether (sulfide) groups is 1. The molecule has 1 aliphatic carbocycles. The number of benzene rings is 1. The molecule has 0 bridgehead atoms. The van der Waals surface area contributed by atoms with Crippen LogP contribution in [0.15, 0.2) is 35.5 Å². The quantitative estimate of drug-likeness (QED) is 0.744. The maximum Gasteiger partial charge on any atom is 0.274 e. The van der Waals surface area contributed by atoms with Gasteiger partial charge in [-0.15, -0.1) is 0 Å². The summed E-state index contributed by atoms with van der Waals surface area (Å²) < 4.78 is 41.9. The van der Waals surface area contributed by atoms with Crippen molar-refractivity contribution in [2.75, 3.05) is 12.0 Å². The van der Waals surface area contributed by atoms with Gasteiger partial charge < -0.3 is 11.1 Å². The highest BCUT2D eigenvalue weighted by atomic mass is 35.5. The molecule has 4 rings (SSSR count). The molecule has 10 heteroatoms. The summed E-state index contributed by atoms with van der Waals surface area (Å²) >= 11 is 6.88. The molecular weight excluding hydrogens is 425 g/mol. The number of fused-ring (bicyclic) bond motifs is 1. The monoisotopic (exact) mass is 440 g/mol. The third-order valence-electron chi connectivity index (χ3n) is 5.37. The van der Waals surface area contributed by atoms with Crippen LogP contribution < -0.4 is 11.1 Å². The fourth-order valence-electron chi connectivity index (χ4n) is 3.81. The van der Waals surface area contributed by atoms with E-state index in [2.05, 4.69) is 15.3 Å². The zero-order valence-electron chi connectivity index (χ0n) is 15.2. The second-order valence-electron chi connectivity index (χ2n) is 7.29. The van der Waals surface area contributed by atoms with Crippen LogP contribution in [0.25, 0.3) is 0 Å². The number of carbonyl (C=O) groups is 1. The van der Waals surface area contributed by atoms with Gasteiger partial charge in [-0.05, 0) is 31.5 Å². The minimum atomic E-state index is -1.24. The highest BCUT2D eigenvalue weighted by Gasteiger charge is 2.66. The van der Waals surface area contributed by atoms with Gasteiger partial charge in [0.1, 0.15) is 12.4 Å². The van der Waals surface area contributed by atoms with Gasteiger partial charge in [-0.25, -0.2) is 18.2 Å². The van der Waals surface area contributed by atoms with E-state index in [1.807, 2.05) is 0 Å². The van der Waals surface area contributed by atoms with E-state index in [0.717, 1.165) is 17.8 Å². The van der Waals surface area contributed by atoms with E-state index in [1.54, 1.807) is 6.92 Å². The van der Waals surface area contributed by atoms with Crippen LogP contribution >= 0.6 is 23.4 Å². The molecule has 3 N–H and O–H groups in total. The number of carbonyl (C=O) groups excluding carboxylic acids is 1. The first kappa shape index (κ1) is 20.0. The number of hydrogen-bond acceptors (Lipinski definition) is 5. The normalized spacial score (nSPS) is 27.8. The Bertz CT molecular complexity index is 1030. The lowest BCUT2D eigenvalue weighted by Crippen LogP contribution is -2.37. The van der Waals surface area contributed by atoms with E-state index in [-0.39, 0.29) is 28.0 Å². The topological polar surface area (TPSA) is 80.4 Å². The smallest absolute Gasteiger partial charge is 0.274 e. The van der Waals surface area contributed by atoms with Crippen LogP contribution in [0.5, 0.6) is 0 Å². The third-order valence-corrected chi connectivity index (χ3v) is 6.86. The van der Waals surface area contributed by atoms with Gasteiger partial charge >= 0.3 is 0 Å². The summed E-state index contributed by atoms with van der Waals surface area (Å²) in [6.45, 7) is 0.961. The number of alkyl halides is 1. The zero-order valence-corrected chi connectivity index (χ0v) is 16.8. The Kier molecular flexibility index (Phi) is 4.77. The number of anilines is 1. The number of pyridine rings is 1. The largest absolute Gasteiger partial charge is 0.378 e. The van der Waals surface area contributed by atoms with E-state index < -0.39 is 34.5 Å². The minimum absolute atomic E-state index is 0.0281. The second kappa shape index (κ2) is 6.91. The molecule has 2 heterocycles. The number of amides is 1. The summed E-state index contributed by atoms with van der Waals surface area (Å²) in [5, 5.41) is 2.98. The van der Waals surface area contributed by atoms with Gasteiger partial charge in [-0.3, -0.25) is 9.79 Å². The molecule has 3 atom stereocenters. The van der Waals surface area contributed by atoms with E-state index in [0.29, 0.717) is 11.4 Å². The second-order valence-corrected chi connectivity index (χ2v) is 9.16. The third kappa shape index (κ3) is 3.36. The van der Waals surface area contributed by atoms with Crippen LogP contribution in [-0.4, -0.2) is 27.5 Å². The molecule has 1 aromatic carbocycles. The number of aromatic nitrogens is 1. The van der Waals surface area contributed by atoms with Crippen LogP contribution in [0.2, 0.25) is 5.02 Å². The van der Waals surface area contributed by atoms with Gasteiger partial charge in [0, 0.05) is 29.4 Å². The van der Waals surface area contributed by atoms with E-state index in [4.69, 9.17) is 17.3 Å². The molecule has 0 radical (unpaired) electrons. The highest BCUT2D eigenvalue weighted by Crippen LogP contribution is 2.66. The van der Waals surface area contributed by atoms with E-state index >= 15 is 0 Å². The Labute approximate surface area is 173 Å². The van der Waals surface area contributed by atoms with Crippen LogP contribution in [0.1, 0.15) is 29.4 Å². The minimum Gasteiger partial charge on any atom is -0.378 e. The Balaban J connectivity index is 1.70. The zero-order chi connectivity index (χ0) is 21.0. The first-order valence-electron chi connectivity index (χ1n) is 8.71. The summed E-state index contributed by atoms with van der Waals surface area (Å²) in [4.78, 5) is 20.6. The number of hydrogen-bond donors (Lipinski definition) is 2. The van der Waals surface area contributed by atoms with Crippen molar-refractivity contribution in [3.63, 3.8) is 0 Å². The Morgan fingerprint density at radius 3 is 2.83 bits per heavy atom. The Morgan fingerprint density at radius 1 is 1.41 bits per heavy atom. The maximum atomic E-state index is 14.7. The van der Waals surface area contributed by atoms with Gasteiger partial charge in [-0.2, -0.15) is 0 Å². The van der Waals surface area contributed by atoms with E-state index in [9.17, 15) is 18.0 Å².